The highest BCUT2D eigenvalue weighted by Crippen LogP contribution is 2.09. The highest BCUT2D eigenvalue weighted by molar-refractivity contribution is 5.75. The van der Waals surface area contributed by atoms with Crippen LogP contribution in [-0.4, -0.2) is 24.4 Å². The number of carbonyl (C=O) groups excluding carboxylic acids is 1. The summed E-state index contributed by atoms with van der Waals surface area (Å²) < 4.78 is 13.3. The zero-order chi connectivity index (χ0) is 12.0. The van der Waals surface area contributed by atoms with Crippen molar-refractivity contribution in [3.63, 3.8) is 0 Å². The molecule has 0 saturated heterocycles. The van der Waals surface area contributed by atoms with Crippen molar-refractivity contribution in [2.45, 2.75) is 19.4 Å². The molecule has 2 N–H and O–H groups in total. The SMILES string of the molecule is CN(Cc1ccccc1F)C(=O)CCCN. The first-order chi connectivity index (χ1) is 7.65. The summed E-state index contributed by atoms with van der Waals surface area (Å²) in [5, 5.41) is 0. The third kappa shape index (κ3) is 3.62. The molecule has 0 spiro atoms. The first-order valence-electron chi connectivity index (χ1n) is 5.32. The zero-order valence-electron chi connectivity index (χ0n) is 9.45. The van der Waals surface area contributed by atoms with E-state index in [0.29, 0.717) is 31.5 Å². The highest BCUT2D eigenvalue weighted by atomic mass is 19.1. The van der Waals surface area contributed by atoms with Crippen LogP contribution >= 0.6 is 0 Å². The molecule has 0 saturated carbocycles. The van der Waals surface area contributed by atoms with Gasteiger partial charge >= 0.3 is 0 Å². The number of hydrogen-bond acceptors (Lipinski definition) is 2. The molecule has 3 nitrogen and oxygen atoms in total. The van der Waals surface area contributed by atoms with E-state index in [1.807, 2.05) is 0 Å². The number of nitrogens with zero attached hydrogens (tertiary/aromatic N) is 1. The van der Waals surface area contributed by atoms with Crippen LogP contribution in [0.3, 0.4) is 0 Å². The van der Waals surface area contributed by atoms with Gasteiger partial charge in [-0.05, 0) is 19.0 Å². The van der Waals surface area contributed by atoms with Crippen LogP contribution < -0.4 is 5.73 Å². The Hall–Kier alpha value is -1.42. The first-order valence-corrected chi connectivity index (χ1v) is 5.32. The second-order valence-electron chi connectivity index (χ2n) is 3.73. The number of hydrogen-bond donors (Lipinski definition) is 1. The Morgan fingerprint density at radius 3 is 2.75 bits per heavy atom. The molecule has 1 amide bonds. The van der Waals surface area contributed by atoms with E-state index in [1.165, 1.54) is 11.0 Å². The molecule has 4 heteroatoms. The van der Waals surface area contributed by atoms with E-state index in [1.54, 1.807) is 25.2 Å². The molecule has 0 atom stereocenters. The van der Waals surface area contributed by atoms with Gasteiger partial charge in [-0.15, -0.1) is 0 Å². The van der Waals surface area contributed by atoms with E-state index in [2.05, 4.69) is 0 Å². The normalized spacial score (nSPS) is 10.2. The Balaban J connectivity index is 2.54. The summed E-state index contributed by atoms with van der Waals surface area (Å²) in [5.41, 5.74) is 5.86. The van der Waals surface area contributed by atoms with Crippen molar-refractivity contribution < 1.29 is 9.18 Å². The van der Waals surface area contributed by atoms with Gasteiger partial charge < -0.3 is 10.6 Å². The Bertz CT molecular complexity index is 355. The number of halogens is 1. The molecule has 0 bridgehead atoms. The van der Waals surface area contributed by atoms with E-state index in [9.17, 15) is 9.18 Å². The lowest BCUT2D eigenvalue weighted by molar-refractivity contribution is -0.130. The van der Waals surface area contributed by atoms with Gasteiger partial charge in [-0.25, -0.2) is 4.39 Å². The summed E-state index contributed by atoms with van der Waals surface area (Å²) in [4.78, 5) is 13.1. The molecule has 0 aromatic heterocycles. The molecular weight excluding hydrogens is 207 g/mol. The van der Waals surface area contributed by atoms with Crippen LogP contribution in [0.25, 0.3) is 0 Å². The molecule has 16 heavy (non-hydrogen) atoms. The molecule has 0 aliphatic carbocycles. The van der Waals surface area contributed by atoms with Crippen molar-refractivity contribution in [3.8, 4) is 0 Å². The maximum Gasteiger partial charge on any atom is 0.222 e. The van der Waals surface area contributed by atoms with Crippen LogP contribution in [0.5, 0.6) is 0 Å². The van der Waals surface area contributed by atoms with Gasteiger partial charge in [0, 0.05) is 25.6 Å². The Kier molecular flexibility index (Phi) is 4.92. The standard InChI is InChI=1S/C12H17FN2O/c1-15(12(16)7-4-8-14)9-10-5-2-3-6-11(10)13/h2-3,5-6H,4,7-9,14H2,1H3. The van der Waals surface area contributed by atoms with E-state index in [0.717, 1.165) is 0 Å². The molecule has 0 aliphatic heterocycles. The maximum absolute atomic E-state index is 13.3. The van der Waals surface area contributed by atoms with Gasteiger partial charge in [-0.3, -0.25) is 4.79 Å². The minimum Gasteiger partial charge on any atom is -0.341 e. The molecule has 1 aromatic rings. The monoisotopic (exact) mass is 224 g/mol. The summed E-state index contributed by atoms with van der Waals surface area (Å²) in [6.07, 6.45) is 1.09. The Labute approximate surface area is 95.0 Å². The predicted molar refractivity (Wildman–Crippen MR) is 61.2 cm³/mol. The van der Waals surface area contributed by atoms with Gasteiger partial charge in [0.05, 0.1) is 0 Å². The Morgan fingerprint density at radius 1 is 1.44 bits per heavy atom. The molecule has 0 fully saturated rings. The van der Waals surface area contributed by atoms with Gasteiger partial charge in [0.15, 0.2) is 0 Å². The van der Waals surface area contributed by atoms with E-state index in [-0.39, 0.29) is 11.7 Å². The van der Waals surface area contributed by atoms with Gasteiger partial charge in [0.1, 0.15) is 5.82 Å². The van der Waals surface area contributed by atoms with E-state index < -0.39 is 0 Å². The molecular formula is C12H17FN2O. The maximum atomic E-state index is 13.3. The fourth-order valence-electron chi connectivity index (χ4n) is 1.41. The van der Waals surface area contributed by atoms with Crippen molar-refractivity contribution >= 4 is 5.91 Å². The summed E-state index contributed by atoms with van der Waals surface area (Å²) in [5.74, 6) is -0.283. The zero-order valence-corrected chi connectivity index (χ0v) is 9.45. The molecule has 88 valence electrons. The van der Waals surface area contributed by atoms with Crippen LogP contribution in [0.2, 0.25) is 0 Å². The lowest BCUT2D eigenvalue weighted by Crippen LogP contribution is -2.26. The van der Waals surface area contributed by atoms with Gasteiger partial charge in [-0.2, -0.15) is 0 Å². The second kappa shape index (κ2) is 6.23. The average molecular weight is 224 g/mol. The van der Waals surface area contributed by atoms with Crippen molar-refractivity contribution in [2.75, 3.05) is 13.6 Å². The number of nitrogens with two attached hydrogens (primary N) is 1. The fraction of sp³-hybridized carbons (Fsp3) is 0.417. The topological polar surface area (TPSA) is 46.3 Å². The smallest absolute Gasteiger partial charge is 0.222 e. The van der Waals surface area contributed by atoms with Crippen molar-refractivity contribution in [2.24, 2.45) is 5.73 Å². The van der Waals surface area contributed by atoms with Crippen molar-refractivity contribution in [1.29, 1.82) is 0 Å². The highest BCUT2D eigenvalue weighted by Gasteiger charge is 2.10. The van der Waals surface area contributed by atoms with Crippen LogP contribution in [-0.2, 0) is 11.3 Å². The number of amides is 1. The summed E-state index contributed by atoms with van der Waals surface area (Å²) in [7, 11) is 1.67. The lowest BCUT2D eigenvalue weighted by Gasteiger charge is -2.17. The fourth-order valence-corrected chi connectivity index (χ4v) is 1.41. The molecule has 1 aromatic carbocycles. The predicted octanol–water partition coefficient (Wildman–Crippen LogP) is 1.52. The van der Waals surface area contributed by atoms with Gasteiger partial charge in [0.2, 0.25) is 5.91 Å². The van der Waals surface area contributed by atoms with Gasteiger partial charge in [0.25, 0.3) is 0 Å². The van der Waals surface area contributed by atoms with Crippen LogP contribution in [0.15, 0.2) is 24.3 Å². The average Bonchev–Trinajstić information content (AvgIpc) is 2.28. The van der Waals surface area contributed by atoms with Crippen molar-refractivity contribution in [3.05, 3.63) is 35.6 Å². The first kappa shape index (κ1) is 12.6. The van der Waals surface area contributed by atoms with Crippen LogP contribution in [0.4, 0.5) is 4.39 Å². The molecule has 0 aliphatic rings. The second-order valence-corrected chi connectivity index (χ2v) is 3.73. The number of carbonyl (C=O) groups is 1. The van der Waals surface area contributed by atoms with Crippen LogP contribution in [0.1, 0.15) is 18.4 Å². The number of benzene rings is 1. The minimum atomic E-state index is -0.277. The van der Waals surface area contributed by atoms with E-state index in [4.69, 9.17) is 5.73 Å². The third-order valence-corrected chi connectivity index (χ3v) is 2.39. The lowest BCUT2D eigenvalue weighted by atomic mass is 10.2. The third-order valence-electron chi connectivity index (χ3n) is 2.39. The minimum absolute atomic E-state index is 0.00583. The number of rotatable bonds is 5. The van der Waals surface area contributed by atoms with E-state index >= 15 is 0 Å². The molecule has 1 rings (SSSR count). The quantitative estimate of drug-likeness (QED) is 0.824. The molecule has 0 unspecified atom stereocenters. The summed E-state index contributed by atoms with van der Waals surface area (Å²) in [6, 6.07) is 6.47. The van der Waals surface area contributed by atoms with Crippen LogP contribution in [0, 0.1) is 5.82 Å². The molecule has 0 radical (unpaired) electrons. The largest absolute Gasteiger partial charge is 0.341 e. The summed E-state index contributed by atoms with van der Waals surface area (Å²) >= 11 is 0. The molecule has 0 heterocycles. The summed E-state index contributed by atoms with van der Waals surface area (Å²) in [6.45, 7) is 0.801. The van der Waals surface area contributed by atoms with Gasteiger partial charge in [-0.1, -0.05) is 18.2 Å². The van der Waals surface area contributed by atoms with Crippen molar-refractivity contribution in [1.82, 2.24) is 4.90 Å². The Morgan fingerprint density at radius 2 is 2.12 bits per heavy atom.